The third-order valence-electron chi connectivity index (χ3n) is 5.47. The Bertz CT molecular complexity index is 880. The number of nitrogens with one attached hydrogen (secondary N) is 1. The van der Waals surface area contributed by atoms with Gasteiger partial charge in [-0.25, -0.2) is 13.8 Å². The predicted molar refractivity (Wildman–Crippen MR) is 119 cm³/mol. The molecule has 0 spiro atoms. The Morgan fingerprint density at radius 3 is 2.27 bits per heavy atom. The van der Waals surface area contributed by atoms with Crippen molar-refractivity contribution in [3.05, 3.63) is 18.2 Å². The van der Waals surface area contributed by atoms with Crippen LogP contribution in [0.25, 0.3) is 0 Å². The van der Waals surface area contributed by atoms with E-state index in [0.717, 1.165) is 42.0 Å². The zero-order valence-corrected chi connectivity index (χ0v) is 19.5. The molecule has 168 valence electrons. The van der Waals surface area contributed by atoms with Crippen LogP contribution in [-0.2, 0) is 14.8 Å². The van der Waals surface area contributed by atoms with Gasteiger partial charge < -0.3 is 9.47 Å². The van der Waals surface area contributed by atoms with E-state index in [-0.39, 0.29) is 12.0 Å². The molecular formula is C21H33N3O5S. The molecule has 0 aromatic heterocycles. The summed E-state index contributed by atoms with van der Waals surface area (Å²) >= 11 is 0. The summed E-state index contributed by atoms with van der Waals surface area (Å²) in [6.07, 6.45) is 4.82. The van der Waals surface area contributed by atoms with E-state index in [0.29, 0.717) is 23.1 Å². The Morgan fingerprint density at radius 2 is 1.77 bits per heavy atom. The molecule has 0 heterocycles. The average molecular weight is 440 g/mol. The Hall–Kier alpha value is -2.29. The Balaban J connectivity index is 2.07. The second kappa shape index (κ2) is 9.68. The third kappa shape index (κ3) is 6.35. The first kappa shape index (κ1) is 24.0. The number of benzene rings is 1. The van der Waals surface area contributed by atoms with E-state index in [9.17, 15) is 13.2 Å². The van der Waals surface area contributed by atoms with Gasteiger partial charge in [0.15, 0.2) is 11.5 Å². The van der Waals surface area contributed by atoms with E-state index in [1.54, 1.807) is 12.1 Å². The molecule has 0 atom stereocenters. The van der Waals surface area contributed by atoms with Gasteiger partial charge in [-0.2, -0.15) is 5.10 Å². The van der Waals surface area contributed by atoms with Crippen LogP contribution < -0.4 is 19.2 Å². The molecule has 1 aromatic carbocycles. The molecule has 1 saturated carbocycles. The average Bonchev–Trinajstić information content (AvgIpc) is 2.68. The molecule has 1 N–H and O–H groups in total. The van der Waals surface area contributed by atoms with Crippen LogP contribution in [0.4, 0.5) is 5.69 Å². The van der Waals surface area contributed by atoms with E-state index in [1.807, 2.05) is 0 Å². The van der Waals surface area contributed by atoms with Crippen LogP contribution in [0.2, 0.25) is 0 Å². The molecule has 1 fully saturated rings. The number of amides is 1. The lowest BCUT2D eigenvalue weighted by Gasteiger charge is -2.34. The number of hydrogen-bond donors (Lipinski definition) is 1. The van der Waals surface area contributed by atoms with Crippen molar-refractivity contribution in [2.75, 3.05) is 31.3 Å². The van der Waals surface area contributed by atoms with Gasteiger partial charge in [-0.3, -0.25) is 9.10 Å². The van der Waals surface area contributed by atoms with Gasteiger partial charge in [-0.15, -0.1) is 0 Å². The molecule has 1 aromatic rings. The summed E-state index contributed by atoms with van der Waals surface area (Å²) in [4.78, 5) is 12.4. The highest BCUT2D eigenvalue weighted by Gasteiger charge is 2.28. The van der Waals surface area contributed by atoms with Crippen molar-refractivity contribution in [3.8, 4) is 11.5 Å². The highest BCUT2D eigenvalue weighted by molar-refractivity contribution is 7.92. The highest BCUT2D eigenvalue weighted by atomic mass is 32.2. The summed E-state index contributed by atoms with van der Waals surface area (Å²) in [6, 6.07) is 4.68. The minimum atomic E-state index is -3.70. The molecule has 0 bridgehead atoms. The Labute approximate surface area is 179 Å². The standard InChI is InChI=1S/C21H33N3O5S/c1-21(2,3)15-7-9-16(10-8-15)22-23-20(25)14-24(30(6,26)27)17-11-12-18(28-4)19(13-17)29-5/h11-13,15H,7-10,14H2,1-6H3,(H,23,25). The second-order valence-electron chi connectivity index (χ2n) is 8.66. The minimum absolute atomic E-state index is 0.268. The van der Waals surface area contributed by atoms with Crippen molar-refractivity contribution in [2.45, 2.75) is 46.5 Å². The molecule has 0 aliphatic heterocycles. The SMILES string of the molecule is COc1ccc(N(CC(=O)NN=C2CCC(C(C)(C)C)CC2)S(C)(=O)=O)cc1OC. The van der Waals surface area contributed by atoms with Crippen molar-refractivity contribution < 1.29 is 22.7 Å². The minimum Gasteiger partial charge on any atom is -0.493 e. The first-order valence-corrected chi connectivity index (χ1v) is 11.8. The van der Waals surface area contributed by atoms with Crippen LogP contribution in [0.5, 0.6) is 11.5 Å². The number of hydrazone groups is 1. The molecule has 9 heteroatoms. The first-order valence-electron chi connectivity index (χ1n) is 9.99. The first-order chi connectivity index (χ1) is 14.0. The normalized spacial score (nSPS) is 17.3. The molecule has 1 aliphatic rings. The van der Waals surface area contributed by atoms with E-state index in [4.69, 9.17) is 9.47 Å². The van der Waals surface area contributed by atoms with E-state index >= 15 is 0 Å². The van der Waals surface area contributed by atoms with Gasteiger partial charge in [0.1, 0.15) is 6.54 Å². The summed E-state index contributed by atoms with van der Waals surface area (Å²) in [5.74, 6) is 0.981. The predicted octanol–water partition coefficient (Wildman–Crippen LogP) is 3.18. The van der Waals surface area contributed by atoms with Crippen LogP contribution in [0.15, 0.2) is 23.3 Å². The number of nitrogens with zero attached hydrogens (tertiary/aromatic N) is 2. The number of anilines is 1. The molecule has 0 radical (unpaired) electrons. The zero-order chi connectivity index (χ0) is 22.5. The van der Waals surface area contributed by atoms with Gasteiger partial charge in [0.05, 0.1) is 26.2 Å². The maximum absolute atomic E-state index is 12.4. The van der Waals surface area contributed by atoms with Crippen LogP contribution in [0, 0.1) is 11.3 Å². The van der Waals surface area contributed by atoms with Gasteiger partial charge in [0.2, 0.25) is 10.0 Å². The lowest BCUT2D eigenvalue weighted by Crippen LogP contribution is -2.39. The number of methoxy groups -OCH3 is 2. The third-order valence-corrected chi connectivity index (χ3v) is 6.61. The number of ether oxygens (including phenoxy) is 2. The fraction of sp³-hybridized carbons (Fsp3) is 0.619. The molecule has 0 unspecified atom stereocenters. The van der Waals surface area contributed by atoms with Gasteiger partial charge >= 0.3 is 0 Å². The van der Waals surface area contributed by atoms with Gasteiger partial charge in [-0.1, -0.05) is 20.8 Å². The lowest BCUT2D eigenvalue weighted by molar-refractivity contribution is -0.119. The molecule has 30 heavy (non-hydrogen) atoms. The van der Waals surface area contributed by atoms with Crippen molar-refractivity contribution in [1.29, 1.82) is 0 Å². The smallest absolute Gasteiger partial charge is 0.260 e. The number of hydrogen-bond acceptors (Lipinski definition) is 6. The zero-order valence-electron chi connectivity index (χ0n) is 18.7. The molecular weight excluding hydrogens is 406 g/mol. The summed E-state index contributed by atoms with van der Waals surface area (Å²) in [7, 11) is -0.741. The van der Waals surface area contributed by atoms with Crippen molar-refractivity contribution >= 4 is 27.3 Å². The largest absolute Gasteiger partial charge is 0.493 e. The Morgan fingerprint density at radius 1 is 1.17 bits per heavy atom. The summed E-state index contributed by atoms with van der Waals surface area (Å²) in [5, 5.41) is 4.24. The number of rotatable bonds is 7. The summed E-state index contributed by atoms with van der Waals surface area (Å²) in [5.41, 5.74) is 4.04. The Kier molecular flexibility index (Phi) is 7.74. The van der Waals surface area contributed by atoms with Crippen LogP contribution in [0.3, 0.4) is 0 Å². The van der Waals surface area contributed by atoms with Crippen molar-refractivity contribution in [3.63, 3.8) is 0 Å². The molecule has 0 saturated heterocycles. The fourth-order valence-corrected chi connectivity index (χ4v) is 4.46. The number of sulfonamides is 1. The quantitative estimate of drug-likeness (QED) is 0.658. The molecule has 1 aliphatic carbocycles. The summed E-state index contributed by atoms with van der Waals surface area (Å²) in [6.45, 7) is 6.36. The number of carbonyl (C=O) groups is 1. The highest BCUT2D eigenvalue weighted by Crippen LogP contribution is 2.37. The molecule has 1 amide bonds. The van der Waals surface area contributed by atoms with Crippen molar-refractivity contribution in [1.82, 2.24) is 5.43 Å². The monoisotopic (exact) mass is 439 g/mol. The van der Waals surface area contributed by atoms with Crippen LogP contribution in [-0.4, -0.2) is 47.1 Å². The number of carbonyl (C=O) groups excluding carboxylic acids is 1. The summed E-state index contributed by atoms with van der Waals surface area (Å²) < 4.78 is 36.0. The van der Waals surface area contributed by atoms with E-state index in [1.165, 1.54) is 20.3 Å². The maximum Gasteiger partial charge on any atom is 0.260 e. The van der Waals surface area contributed by atoms with Crippen LogP contribution in [0.1, 0.15) is 46.5 Å². The van der Waals surface area contributed by atoms with Gasteiger partial charge in [-0.05, 0) is 49.1 Å². The fourth-order valence-electron chi connectivity index (χ4n) is 3.62. The van der Waals surface area contributed by atoms with Gasteiger partial charge in [0.25, 0.3) is 5.91 Å². The van der Waals surface area contributed by atoms with E-state index in [2.05, 4.69) is 31.3 Å². The van der Waals surface area contributed by atoms with Crippen LogP contribution >= 0.6 is 0 Å². The van der Waals surface area contributed by atoms with E-state index < -0.39 is 15.9 Å². The topological polar surface area (TPSA) is 97.3 Å². The lowest BCUT2D eigenvalue weighted by atomic mass is 9.72. The van der Waals surface area contributed by atoms with Gasteiger partial charge in [0, 0.05) is 11.8 Å². The molecule has 2 rings (SSSR count). The maximum atomic E-state index is 12.4. The molecule has 8 nitrogen and oxygen atoms in total. The van der Waals surface area contributed by atoms with Crippen molar-refractivity contribution in [2.24, 2.45) is 16.4 Å². The second-order valence-corrected chi connectivity index (χ2v) is 10.6.